The van der Waals surface area contributed by atoms with Gasteiger partial charge in [-0.25, -0.2) is 0 Å². The molecule has 0 heterocycles. The Morgan fingerprint density at radius 2 is 0.711 bits per heavy atom. The molecule has 0 nitrogen and oxygen atoms in total. The number of fused-ring (bicyclic) bond motifs is 1. The van der Waals surface area contributed by atoms with Crippen LogP contribution < -0.4 is 0 Å². The molecule has 0 atom stereocenters. The van der Waals surface area contributed by atoms with Crippen LogP contribution in [-0.2, 0) is 0 Å². The SMILES string of the molecule is CC.CC.CC.CCC.CCC.Cc1ccc2ccccc2c1.Cc1ccccc1.Cc1ccccc1C. The lowest BCUT2D eigenvalue weighted by Crippen LogP contribution is -1.74. The topological polar surface area (TPSA) is 0 Å². The monoisotopic (exact) mass is 518 g/mol. The first-order valence-corrected chi connectivity index (χ1v) is 14.9. The molecule has 4 aromatic carbocycles. The minimum Gasteiger partial charge on any atom is -0.0683 e. The van der Waals surface area contributed by atoms with Crippen LogP contribution in [0.25, 0.3) is 10.8 Å². The maximum atomic E-state index is 2.20. The van der Waals surface area contributed by atoms with Gasteiger partial charge in [0.2, 0.25) is 0 Å². The average Bonchev–Trinajstić information content (AvgIpc) is 2.96. The Hall–Kier alpha value is -2.86. The fourth-order valence-electron chi connectivity index (χ4n) is 2.51. The molecule has 4 aromatic rings. The molecule has 0 aliphatic carbocycles. The van der Waals surface area contributed by atoms with Gasteiger partial charge >= 0.3 is 0 Å². The quantitative estimate of drug-likeness (QED) is 0.217. The zero-order valence-corrected chi connectivity index (χ0v) is 27.7. The Kier molecular flexibility index (Phi) is 37.9. The van der Waals surface area contributed by atoms with Crippen molar-refractivity contribution >= 4 is 10.8 Å². The van der Waals surface area contributed by atoms with Gasteiger partial charge in [0.1, 0.15) is 0 Å². The Morgan fingerprint density at radius 3 is 1.05 bits per heavy atom. The molecule has 0 aliphatic rings. The van der Waals surface area contributed by atoms with E-state index in [2.05, 4.69) is 134 Å². The molecule has 38 heavy (non-hydrogen) atoms. The summed E-state index contributed by atoms with van der Waals surface area (Å²) in [6.45, 7) is 28.9. The van der Waals surface area contributed by atoms with E-state index in [0.29, 0.717) is 0 Å². The largest absolute Gasteiger partial charge is 0.0683 e. The van der Waals surface area contributed by atoms with Crippen LogP contribution in [0.5, 0.6) is 0 Å². The molecule has 214 valence electrons. The Bertz CT molecular complexity index is 928. The summed E-state index contributed by atoms with van der Waals surface area (Å²) in [5.41, 5.74) is 5.38. The van der Waals surface area contributed by atoms with Gasteiger partial charge in [0.05, 0.1) is 0 Å². The molecular formula is C38H62. The molecule has 0 fully saturated rings. The third-order valence-electron chi connectivity index (χ3n) is 4.27. The van der Waals surface area contributed by atoms with Crippen molar-refractivity contribution in [3.63, 3.8) is 0 Å². The van der Waals surface area contributed by atoms with E-state index in [4.69, 9.17) is 0 Å². The predicted molar refractivity (Wildman–Crippen MR) is 182 cm³/mol. The molecule has 0 spiro atoms. The average molecular weight is 519 g/mol. The van der Waals surface area contributed by atoms with Gasteiger partial charge in [0.15, 0.2) is 0 Å². The molecule has 4 rings (SSSR count). The van der Waals surface area contributed by atoms with E-state index in [0.717, 1.165) is 0 Å². The molecule has 0 aliphatic heterocycles. The smallest absolute Gasteiger partial charge is 0.0181 e. The molecule has 0 unspecified atom stereocenters. The van der Waals surface area contributed by atoms with Crippen molar-refractivity contribution in [3.8, 4) is 0 Å². The first kappa shape index (κ1) is 42.2. The lowest BCUT2D eigenvalue weighted by molar-refractivity contribution is 1.09. The van der Waals surface area contributed by atoms with Crippen molar-refractivity contribution in [2.24, 2.45) is 0 Å². The number of aryl methyl sites for hydroxylation is 4. The summed E-state index contributed by atoms with van der Waals surface area (Å²) >= 11 is 0. The normalized spacial score (nSPS) is 7.95. The third-order valence-corrected chi connectivity index (χ3v) is 4.27. The van der Waals surface area contributed by atoms with E-state index >= 15 is 0 Å². The third kappa shape index (κ3) is 26.2. The van der Waals surface area contributed by atoms with Crippen molar-refractivity contribution in [2.45, 2.75) is 110 Å². The minimum atomic E-state index is 1.25. The summed E-state index contributed by atoms with van der Waals surface area (Å²) in [5.74, 6) is 0. The highest BCUT2D eigenvalue weighted by molar-refractivity contribution is 5.82. The summed E-state index contributed by atoms with van der Waals surface area (Å²) in [6, 6.07) is 33.5. The van der Waals surface area contributed by atoms with Gasteiger partial charge in [-0.1, -0.05) is 190 Å². The number of hydrogen-bond donors (Lipinski definition) is 0. The van der Waals surface area contributed by atoms with Crippen LogP contribution in [0.3, 0.4) is 0 Å². The molecule has 0 saturated carbocycles. The molecular weight excluding hydrogens is 456 g/mol. The van der Waals surface area contributed by atoms with Gasteiger partial charge in [-0.3, -0.25) is 0 Å². The highest BCUT2D eigenvalue weighted by atomic mass is 13.9. The van der Waals surface area contributed by atoms with E-state index in [9.17, 15) is 0 Å². The van der Waals surface area contributed by atoms with E-state index < -0.39 is 0 Å². The summed E-state index contributed by atoms with van der Waals surface area (Å²) in [6.07, 6.45) is 2.50. The van der Waals surface area contributed by atoms with Gasteiger partial charge in [0.25, 0.3) is 0 Å². The standard InChI is InChI=1S/C11H10.C8H10.C7H8.2C3H8.3C2H6/c1-9-6-7-10-4-2-3-5-11(10)8-9;1-7-5-3-4-6-8(7)2;1-7-5-3-2-4-6-7;2*1-3-2;3*1-2/h2-8H,1H3;3-6H,1-2H3;2-6H,1H3;2*3H2,1-2H3;3*1-2H3. The second-order valence-electron chi connectivity index (χ2n) is 8.00. The van der Waals surface area contributed by atoms with Crippen LogP contribution in [-0.4, -0.2) is 0 Å². The second-order valence-corrected chi connectivity index (χ2v) is 8.00. The second kappa shape index (κ2) is 34.1. The van der Waals surface area contributed by atoms with Crippen molar-refractivity contribution in [2.75, 3.05) is 0 Å². The lowest BCUT2D eigenvalue weighted by atomic mass is 10.1. The van der Waals surface area contributed by atoms with Gasteiger partial charge in [-0.15, -0.1) is 0 Å². The highest BCUT2D eigenvalue weighted by Crippen LogP contribution is 2.14. The highest BCUT2D eigenvalue weighted by Gasteiger charge is 1.89. The summed E-state index contributed by atoms with van der Waals surface area (Å²) in [5, 5.41) is 2.64. The Labute approximate surface area is 239 Å². The predicted octanol–water partition coefficient (Wildman–Crippen LogP) is 13.4. The Balaban J connectivity index is -0.000000193. The zero-order valence-electron chi connectivity index (χ0n) is 27.7. The fraction of sp³-hybridized carbons (Fsp3) is 0.421. The van der Waals surface area contributed by atoms with Crippen LogP contribution in [0, 0.1) is 27.7 Å². The summed E-state index contributed by atoms with van der Waals surface area (Å²) in [4.78, 5) is 0. The van der Waals surface area contributed by atoms with Gasteiger partial charge in [0, 0.05) is 0 Å². The molecule has 0 aromatic heterocycles. The number of hydrogen-bond acceptors (Lipinski definition) is 0. The Morgan fingerprint density at radius 1 is 0.368 bits per heavy atom. The van der Waals surface area contributed by atoms with Gasteiger partial charge in [-0.05, 0) is 49.6 Å². The van der Waals surface area contributed by atoms with Crippen LogP contribution in [0.1, 0.15) is 104 Å². The lowest BCUT2D eigenvalue weighted by Gasteiger charge is -1.96. The number of benzene rings is 4. The van der Waals surface area contributed by atoms with Gasteiger partial charge in [-0.2, -0.15) is 0 Å². The summed E-state index contributed by atoms with van der Waals surface area (Å²) in [7, 11) is 0. The van der Waals surface area contributed by atoms with E-state index in [1.54, 1.807) is 0 Å². The zero-order chi connectivity index (χ0) is 30.2. The molecule has 0 saturated heterocycles. The van der Waals surface area contributed by atoms with E-state index in [-0.39, 0.29) is 0 Å². The first-order chi connectivity index (χ1) is 18.4. The van der Waals surface area contributed by atoms with Crippen molar-refractivity contribution in [1.29, 1.82) is 0 Å². The van der Waals surface area contributed by atoms with Crippen LogP contribution in [0.4, 0.5) is 0 Å². The van der Waals surface area contributed by atoms with E-state index in [1.807, 2.05) is 59.7 Å². The fourth-order valence-corrected chi connectivity index (χ4v) is 2.51. The molecule has 0 amide bonds. The van der Waals surface area contributed by atoms with Gasteiger partial charge < -0.3 is 0 Å². The van der Waals surface area contributed by atoms with Crippen molar-refractivity contribution in [1.82, 2.24) is 0 Å². The summed E-state index contributed by atoms with van der Waals surface area (Å²) < 4.78 is 0. The molecule has 0 radical (unpaired) electrons. The first-order valence-electron chi connectivity index (χ1n) is 14.9. The molecule has 0 heteroatoms. The number of rotatable bonds is 0. The maximum Gasteiger partial charge on any atom is -0.0181 e. The van der Waals surface area contributed by atoms with Crippen molar-refractivity contribution < 1.29 is 0 Å². The van der Waals surface area contributed by atoms with Crippen LogP contribution >= 0.6 is 0 Å². The minimum absolute atomic E-state index is 1.25. The molecule has 0 bridgehead atoms. The van der Waals surface area contributed by atoms with Crippen LogP contribution in [0.2, 0.25) is 0 Å². The molecule has 0 N–H and O–H groups in total. The van der Waals surface area contributed by atoms with E-state index in [1.165, 1.54) is 45.9 Å². The maximum absolute atomic E-state index is 2.20. The van der Waals surface area contributed by atoms with Crippen molar-refractivity contribution in [3.05, 3.63) is 119 Å². The van der Waals surface area contributed by atoms with Crippen LogP contribution in [0.15, 0.2) is 97.1 Å².